The number of fused-ring (bicyclic) bond motifs is 2. The monoisotopic (exact) mass is 412 g/mol. The highest BCUT2D eigenvalue weighted by Gasteiger charge is 2.47. The molecule has 3 fully saturated rings. The molecule has 3 N–H and O–H groups in total. The van der Waals surface area contributed by atoms with Gasteiger partial charge in [-0.05, 0) is 49.0 Å². The van der Waals surface area contributed by atoms with Crippen LogP contribution < -0.4 is 10.6 Å². The molecule has 4 heterocycles. The minimum Gasteiger partial charge on any atom is -0.396 e. The molecule has 3 unspecified atom stereocenters. The average Bonchev–Trinajstić information content (AvgIpc) is 3.25. The van der Waals surface area contributed by atoms with Crippen molar-refractivity contribution in [3.8, 4) is 0 Å². The van der Waals surface area contributed by atoms with E-state index in [9.17, 15) is 19.5 Å². The van der Waals surface area contributed by atoms with Crippen molar-refractivity contribution < 1.29 is 19.5 Å². The molecule has 0 bridgehead atoms. The van der Waals surface area contributed by atoms with E-state index in [1.165, 1.54) is 0 Å². The molecule has 3 amide bonds. The smallest absolute Gasteiger partial charge is 0.255 e. The van der Waals surface area contributed by atoms with Crippen LogP contribution in [0.4, 0.5) is 0 Å². The lowest BCUT2D eigenvalue weighted by Crippen LogP contribution is -2.52. The predicted octanol–water partition coefficient (Wildman–Crippen LogP) is -0.149. The summed E-state index contributed by atoms with van der Waals surface area (Å²) in [5, 5.41) is 15.8. The Morgan fingerprint density at radius 1 is 1.23 bits per heavy atom. The van der Waals surface area contributed by atoms with E-state index in [-0.39, 0.29) is 36.2 Å². The maximum atomic E-state index is 12.8. The summed E-state index contributed by atoms with van der Waals surface area (Å²) in [5.41, 5.74) is 2.74. The average molecular weight is 412 g/mol. The van der Waals surface area contributed by atoms with E-state index in [4.69, 9.17) is 0 Å². The first-order valence-electron chi connectivity index (χ1n) is 10.8. The van der Waals surface area contributed by atoms with Crippen molar-refractivity contribution >= 4 is 17.7 Å². The maximum Gasteiger partial charge on any atom is 0.255 e. The van der Waals surface area contributed by atoms with Crippen molar-refractivity contribution in [2.24, 2.45) is 11.3 Å². The number of aliphatic hydroxyl groups excluding tert-OH is 1. The Balaban J connectivity index is 1.29. The number of piperidine rings is 2. The molecule has 0 saturated carbocycles. The zero-order valence-corrected chi connectivity index (χ0v) is 17.0. The number of rotatable bonds is 4. The van der Waals surface area contributed by atoms with Gasteiger partial charge in [0, 0.05) is 43.6 Å². The Kier molecular flexibility index (Phi) is 4.88. The molecule has 1 aromatic rings. The summed E-state index contributed by atoms with van der Waals surface area (Å²) in [4.78, 5) is 40.5. The minimum atomic E-state index is -0.579. The zero-order valence-electron chi connectivity index (χ0n) is 17.0. The van der Waals surface area contributed by atoms with Crippen LogP contribution >= 0.6 is 0 Å². The third-order valence-electron chi connectivity index (χ3n) is 7.38. The summed E-state index contributed by atoms with van der Waals surface area (Å²) >= 11 is 0. The minimum absolute atomic E-state index is 0.000517. The topological polar surface area (TPSA) is 102 Å². The molecule has 3 saturated heterocycles. The van der Waals surface area contributed by atoms with Gasteiger partial charge in [0.2, 0.25) is 11.8 Å². The van der Waals surface area contributed by atoms with Gasteiger partial charge < -0.3 is 15.3 Å². The van der Waals surface area contributed by atoms with Gasteiger partial charge >= 0.3 is 0 Å². The maximum absolute atomic E-state index is 12.8. The van der Waals surface area contributed by atoms with Gasteiger partial charge in [0.05, 0.1) is 6.61 Å². The summed E-state index contributed by atoms with van der Waals surface area (Å²) in [6.07, 6.45) is 1.65. The van der Waals surface area contributed by atoms with Crippen molar-refractivity contribution in [3.05, 3.63) is 34.9 Å². The molecule has 0 aromatic heterocycles. The second-order valence-electron chi connectivity index (χ2n) is 9.23. The third-order valence-corrected chi connectivity index (χ3v) is 7.38. The van der Waals surface area contributed by atoms with Gasteiger partial charge in [-0.25, -0.2) is 0 Å². The number of nitrogens with zero attached hydrogens (tertiary/aromatic N) is 2. The SMILES string of the molecule is O=C1CCC(N2Cc3cc(CN4CC5CNCCC5(CO)C4)ccc3C2=O)C(=O)N1. The molecule has 4 aliphatic rings. The van der Waals surface area contributed by atoms with Crippen molar-refractivity contribution in [2.45, 2.75) is 38.4 Å². The molecule has 160 valence electrons. The van der Waals surface area contributed by atoms with E-state index < -0.39 is 6.04 Å². The Morgan fingerprint density at radius 3 is 2.87 bits per heavy atom. The highest BCUT2D eigenvalue weighted by atomic mass is 16.3. The van der Waals surface area contributed by atoms with E-state index in [1.54, 1.807) is 4.90 Å². The molecular weight excluding hydrogens is 384 g/mol. The van der Waals surface area contributed by atoms with Gasteiger partial charge in [-0.15, -0.1) is 0 Å². The first-order chi connectivity index (χ1) is 14.5. The lowest BCUT2D eigenvalue weighted by atomic mass is 9.74. The van der Waals surface area contributed by atoms with E-state index in [0.29, 0.717) is 24.4 Å². The predicted molar refractivity (Wildman–Crippen MR) is 108 cm³/mol. The zero-order chi connectivity index (χ0) is 20.9. The molecule has 0 radical (unpaired) electrons. The number of hydrogen-bond acceptors (Lipinski definition) is 6. The van der Waals surface area contributed by atoms with E-state index in [1.807, 2.05) is 12.1 Å². The van der Waals surface area contributed by atoms with Crippen LogP contribution in [-0.4, -0.2) is 71.5 Å². The van der Waals surface area contributed by atoms with Crippen LogP contribution in [0, 0.1) is 11.3 Å². The molecule has 1 aromatic carbocycles. The number of carbonyl (C=O) groups excluding carboxylic acids is 3. The van der Waals surface area contributed by atoms with Gasteiger partial charge in [0.15, 0.2) is 0 Å². The largest absolute Gasteiger partial charge is 0.396 e. The molecule has 0 aliphatic carbocycles. The highest BCUT2D eigenvalue weighted by Crippen LogP contribution is 2.41. The van der Waals surface area contributed by atoms with Crippen molar-refractivity contribution in [1.82, 2.24) is 20.4 Å². The van der Waals surface area contributed by atoms with Crippen LogP contribution in [-0.2, 0) is 22.7 Å². The van der Waals surface area contributed by atoms with Crippen LogP contribution in [0.3, 0.4) is 0 Å². The first kappa shape index (κ1) is 19.7. The molecule has 8 heteroatoms. The van der Waals surface area contributed by atoms with Gasteiger partial charge in [-0.1, -0.05) is 12.1 Å². The Labute approximate surface area is 175 Å². The summed E-state index contributed by atoms with van der Waals surface area (Å²) < 4.78 is 0. The number of aliphatic hydroxyl groups is 1. The number of carbonyl (C=O) groups is 3. The number of likely N-dealkylation sites (tertiary alicyclic amines) is 1. The summed E-state index contributed by atoms with van der Waals surface area (Å²) in [6.45, 7) is 5.20. The van der Waals surface area contributed by atoms with Gasteiger partial charge in [-0.2, -0.15) is 0 Å². The van der Waals surface area contributed by atoms with Crippen LogP contribution in [0.15, 0.2) is 18.2 Å². The molecule has 0 spiro atoms. The summed E-state index contributed by atoms with van der Waals surface area (Å²) in [5.74, 6) is -0.321. The normalized spacial score (nSPS) is 31.6. The molecular formula is C22H28N4O4. The Bertz CT molecular complexity index is 903. The first-order valence-corrected chi connectivity index (χ1v) is 10.8. The van der Waals surface area contributed by atoms with Crippen LogP contribution in [0.1, 0.15) is 40.7 Å². The molecule has 8 nitrogen and oxygen atoms in total. The quantitative estimate of drug-likeness (QED) is 0.595. The Hall–Kier alpha value is -2.29. The summed E-state index contributed by atoms with van der Waals surface area (Å²) in [7, 11) is 0. The third kappa shape index (κ3) is 3.23. The second kappa shape index (κ2) is 7.44. The standard InChI is InChI=1S/C22H28N4O4/c27-13-22-5-6-23-8-16(22)11-25(12-22)9-14-1-2-17-15(7-14)10-26(21(17)30)18-3-4-19(28)24-20(18)29/h1-2,7,16,18,23,27H,3-6,8-13H2,(H,24,28,29). The summed E-state index contributed by atoms with van der Waals surface area (Å²) in [6, 6.07) is 5.36. The van der Waals surface area contributed by atoms with Gasteiger partial charge in [0.25, 0.3) is 5.91 Å². The van der Waals surface area contributed by atoms with Crippen molar-refractivity contribution in [2.75, 3.05) is 32.8 Å². The van der Waals surface area contributed by atoms with Crippen LogP contribution in [0.25, 0.3) is 0 Å². The fourth-order valence-electron chi connectivity index (χ4n) is 5.69. The van der Waals surface area contributed by atoms with Crippen LogP contribution in [0.2, 0.25) is 0 Å². The number of nitrogens with one attached hydrogen (secondary N) is 2. The molecule has 3 atom stereocenters. The molecule has 5 rings (SSSR count). The molecule has 30 heavy (non-hydrogen) atoms. The number of benzene rings is 1. The number of hydrogen-bond donors (Lipinski definition) is 3. The van der Waals surface area contributed by atoms with Gasteiger partial charge in [0.1, 0.15) is 6.04 Å². The van der Waals surface area contributed by atoms with Crippen LogP contribution in [0.5, 0.6) is 0 Å². The van der Waals surface area contributed by atoms with E-state index in [2.05, 4.69) is 21.6 Å². The lowest BCUT2D eigenvalue weighted by molar-refractivity contribution is -0.136. The Morgan fingerprint density at radius 2 is 2.10 bits per heavy atom. The number of amides is 3. The lowest BCUT2D eigenvalue weighted by Gasteiger charge is -2.37. The fourth-order valence-corrected chi connectivity index (χ4v) is 5.69. The van der Waals surface area contributed by atoms with Crippen molar-refractivity contribution in [3.63, 3.8) is 0 Å². The second-order valence-corrected chi connectivity index (χ2v) is 9.23. The fraction of sp³-hybridized carbons (Fsp3) is 0.591. The molecule has 4 aliphatic heterocycles. The van der Waals surface area contributed by atoms with Crippen molar-refractivity contribution in [1.29, 1.82) is 0 Å². The highest BCUT2D eigenvalue weighted by molar-refractivity contribution is 6.05. The number of imide groups is 1. The van der Waals surface area contributed by atoms with E-state index in [0.717, 1.165) is 50.3 Å². The van der Waals surface area contributed by atoms with E-state index >= 15 is 0 Å². The van der Waals surface area contributed by atoms with Gasteiger partial charge in [-0.3, -0.25) is 24.6 Å².